The monoisotopic (exact) mass is 173 g/mol. The maximum atomic E-state index is 10.8. The molecule has 0 N–H and O–H groups in total. The number of amides is 1. The van der Waals surface area contributed by atoms with Crippen LogP contribution in [0.15, 0.2) is 12.7 Å². The first-order valence-corrected chi connectivity index (χ1v) is 3.36. The normalized spacial score (nSPS) is 8.50. The van der Waals surface area contributed by atoms with E-state index in [4.69, 9.17) is 0 Å². The van der Waals surface area contributed by atoms with E-state index in [0.717, 1.165) is 6.08 Å². The van der Waals surface area contributed by atoms with Crippen molar-refractivity contribution in [2.45, 2.75) is 6.92 Å². The molecule has 1 amide bonds. The van der Waals surface area contributed by atoms with Crippen LogP contribution in [0, 0.1) is 0 Å². The SMILES string of the molecule is C=CC(=O)ON(C)C(=O)OCC. The minimum absolute atomic E-state index is 0.231. The van der Waals surface area contributed by atoms with Crippen molar-refractivity contribution >= 4 is 12.1 Å². The van der Waals surface area contributed by atoms with Crippen LogP contribution < -0.4 is 0 Å². The van der Waals surface area contributed by atoms with Crippen molar-refractivity contribution < 1.29 is 19.2 Å². The highest BCUT2D eigenvalue weighted by Crippen LogP contribution is 1.92. The summed E-state index contributed by atoms with van der Waals surface area (Å²) < 4.78 is 4.52. The molecule has 0 heterocycles. The van der Waals surface area contributed by atoms with Crippen LogP contribution in [0.1, 0.15) is 6.92 Å². The van der Waals surface area contributed by atoms with E-state index >= 15 is 0 Å². The Balaban J connectivity index is 3.85. The van der Waals surface area contributed by atoms with Gasteiger partial charge in [-0.05, 0) is 6.92 Å². The van der Waals surface area contributed by atoms with Gasteiger partial charge in [-0.25, -0.2) is 9.59 Å². The summed E-state index contributed by atoms with van der Waals surface area (Å²) in [5, 5.41) is 0.702. The first-order valence-electron chi connectivity index (χ1n) is 3.36. The van der Waals surface area contributed by atoms with Gasteiger partial charge in [0.15, 0.2) is 0 Å². The van der Waals surface area contributed by atoms with Crippen LogP contribution in [0.25, 0.3) is 0 Å². The standard InChI is InChI=1S/C7H11NO4/c1-4-6(9)12-8(3)7(10)11-5-2/h4H,1,5H2,2-3H3. The molecule has 0 aliphatic heterocycles. The van der Waals surface area contributed by atoms with Gasteiger partial charge in [-0.2, -0.15) is 0 Å². The Kier molecular flexibility index (Phi) is 4.52. The van der Waals surface area contributed by atoms with E-state index in [9.17, 15) is 9.59 Å². The lowest BCUT2D eigenvalue weighted by atomic mass is 10.7. The number of hydrogen-bond acceptors (Lipinski definition) is 4. The van der Waals surface area contributed by atoms with Gasteiger partial charge in [0.2, 0.25) is 0 Å². The Hall–Kier alpha value is -1.52. The summed E-state index contributed by atoms with van der Waals surface area (Å²) in [5.41, 5.74) is 0. The third-order valence-corrected chi connectivity index (χ3v) is 0.918. The first-order chi connectivity index (χ1) is 5.61. The number of carbonyl (C=O) groups is 2. The van der Waals surface area contributed by atoms with Gasteiger partial charge in [-0.15, -0.1) is 5.06 Å². The van der Waals surface area contributed by atoms with Crippen LogP contribution in [0.4, 0.5) is 4.79 Å². The smallest absolute Gasteiger partial charge is 0.443 e. The average Bonchev–Trinajstić information content (AvgIpc) is 2.04. The van der Waals surface area contributed by atoms with E-state index in [2.05, 4.69) is 16.2 Å². The van der Waals surface area contributed by atoms with Gasteiger partial charge in [0.25, 0.3) is 0 Å². The highest BCUT2D eigenvalue weighted by atomic mass is 16.7. The molecule has 0 aliphatic carbocycles. The second-order valence-corrected chi connectivity index (χ2v) is 1.81. The van der Waals surface area contributed by atoms with E-state index in [1.54, 1.807) is 6.92 Å². The summed E-state index contributed by atoms with van der Waals surface area (Å²) >= 11 is 0. The molecule has 0 aromatic carbocycles. The van der Waals surface area contributed by atoms with Crippen LogP contribution in [0.5, 0.6) is 0 Å². The first kappa shape index (κ1) is 10.5. The second kappa shape index (κ2) is 5.17. The molecule has 5 heteroatoms. The topological polar surface area (TPSA) is 55.8 Å². The van der Waals surface area contributed by atoms with Crippen LogP contribution in [0.3, 0.4) is 0 Å². The molecule has 12 heavy (non-hydrogen) atoms. The molecule has 0 aromatic heterocycles. The summed E-state index contributed by atoms with van der Waals surface area (Å²) in [6.45, 7) is 5.05. The molecule has 0 aliphatic rings. The van der Waals surface area contributed by atoms with Crippen LogP contribution in [-0.4, -0.2) is 30.8 Å². The van der Waals surface area contributed by atoms with Crippen molar-refractivity contribution in [1.82, 2.24) is 5.06 Å². The second-order valence-electron chi connectivity index (χ2n) is 1.81. The number of nitrogens with zero attached hydrogens (tertiary/aromatic N) is 1. The molecule has 0 spiro atoms. The fourth-order valence-electron chi connectivity index (χ4n) is 0.424. The third-order valence-electron chi connectivity index (χ3n) is 0.918. The van der Waals surface area contributed by atoms with Gasteiger partial charge in [0.05, 0.1) is 13.7 Å². The largest absolute Gasteiger partial charge is 0.448 e. The number of hydroxylamine groups is 2. The lowest BCUT2D eigenvalue weighted by Gasteiger charge is -2.13. The van der Waals surface area contributed by atoms with Crippen molar-refractivity contribution in [1.29, 1.82) is 0 Å². The highest BCUT2D eigenvalue weighted by Gasteiger charge is 2.12. The summed E-state index contributed by atoms with van der Waals surface area (Å²) in [6.07, 6.45) is 0.239. The minimum Gasteiger partial charge on any atom is -0.448 e. The lowest BCUT2D eigenvalue weighted by molar-refractivity contribution is -0.169. The number of carbonyl (C=O) groups excluding carboxylic acids is 2. The minimum atomic E-state index is -0.715. The third kappa shape index (κ3) is 3.60. The van der Waals surface area contributed by atoms with E-state index in [-0.39, 0.29) is 6.61 Å². The van der Waals surface area contributed by atoms with Crippen molar-refractivity contribution in [3.63, 3.8) is 0 Å². The van der Waals surface area contributed by atoms with Crippen molar-refractivity contribution in [2.24, 2.45) is 0 Å². The summed E-state index contributed by atoms with van der Waals surface area (Å²) in [4.78, 5) is 25.7. The summed E-state index contributed by atoms with van der Waals surface area (Å²) in [5.74, 6) is -0.703. The molecule has 0 rings (SSSR count). The highest BCUT2D eigenvalue weighted by molar-refractivity contribution is 5.82. The number of rotatable bonds is 2. The molecule has 68 valence electrons. The van der Waals surface area contributed by atoms with Crippen molar-refractivity contribution in [3.8, 4) is 0 Å². The van der Waals surface area contributed by atoms with Gasteiger partial charge in [0.1, 0.15) is 0 Å². The number of ether oxygens (including phenoxy) is 1. The molecular weight excluding hydrogens is 162 g/mol. The van der Waals surface area contributed by atoms with Crippen LogP contribution >= 0.6 is 0 Å². The fraction of sp³-hybridized carbons (Fsp3) is 0.429. The molecule has 0 bridgehead atoms. The van der Waals surface area contributed by atoms with Crippen molar-refractivity contribution in [2.75, 3.05) is 13.7 Å². The van der Waals surface area contributed by atoms with E-state index < -0.39 is 12.1 Å². The van der Waals surface area contributed by atoms with E-state index in [1.165, 1.54) is 7.05 Å². The zero-order valence-electron chi connectivity index (χ0n) is 7.07. The predicted octanol–water partition coefficient (Wildman–Crippen LogP) is 0.719. The maximum absolute atomic E-state index is 10.8. The fourth-order valence-corrected chi connectivity index (χ4v) is 0.424. The van der Waals surface area contributed by atoms with Crippen molar-refractivity contribution in [3.05, 3.63) is 12.7 Å². The van der Waals surface area contributed by atoms with Crippen LogP contribution in [0.2, 0.25) is 0 Å². The molecule has 0 atom stereocenters. The Morgan fingerprint density at radius 3 is 2.58 bits per heavy atom. The Bertz CT molecular complexity index is 190. The molecule has 0 fully saturated rings. The van der Waals surface area contributed by atoms with Gasteiger partial charge >= 0.3 is 12.1 Å². The average molecular weight is 173 g/mol. The molecule has 0 saturated heterocycles. The zero-order valence-corrected chi connectivity index (χ0v) is 7.07. The van der Waals surface area contributed by atoms with E-state index in [1.807, 2.05) is 0 Å². The van der Waals surface area contributed by atoms with Gasteiger partial charge in [-0.3, -0.25) is 0 Å². The lowest BCUT2D eigenvalue weighted by Crippen LogP contribution is -2.29. The number of hydrogen-bond donors (Lipinski definition) is 0. The van der Waals surface area contributed by atoms with E-state index in [0.29, 0.717) is 5.06 Å². The van der Waals surface area contributed by atoms with Gasteiger partial charge in [0, 0.05) is 6.08 Å². The Morgan fingerprint density at radius 2 is 2.17 bits per heavy atom. The molecular formula is C7H11NO4. The molecule has 0 unspecified atom stereocenters. The van der Waals surface area contributed by atoms with Gasteiger partial charge in [-0.1, -0.05) is 6.58 Å². The predicted molar refractivity (Wildman–Crippen MR) is 41.1 cm³/mol. The molecule has 0 radical (unpaired) electrons. The quantitative estimate of drug-likeness (QED) is 0.456. The Morgan fingerprint density at radius 1 is 1.58 bits per heavy atom. The zero-order chi connectivity index (χ0) is 9.56. The molecule has 0 aromatic rings. The molecule has 5 nitrogen and oxygen atoms in total. The summed E-state index contributed by atoms with van der Waals surface area (Å²) in [7, 11) is 1.28. The van der Waals surface area contributed by atoms with Crippen LogP contribution in [-0.2, 0) is 14.4 Å². The van der Waals surface area contributed by atoms with Gasteiger partial charge < -0.3 is 9.57 Å². The maximum Gasteiger partial charge on any atom is 0.443 e. The molecule has 0 saturated carbocycles. The summed E-state index contributed by atoms with van der Waals surface area (Å²) in [6, 6.07) is 0. The Labute approximate surface area is 70.5 Å².